The van der Waals surface area contributed by atoms with Crippen LogP contribution in [-0.4, -0.2) is 49.4 Å². The van der Waals surface area contributed by atoms with Crippen LogP contribution in [0.4, 0.5) is 5.82 Å². The summed E-state index contributed by atoms with van der Waals surface area (Å²) < 4.78 is 23.2. The van der Waals surface area contributed by atoms with Crippen LogP contribution in [-0.2, 0) is 16.4 Å². The molecule has 19 heavy (non-hydrogen) atoms. The smallest absolute Gasteiger partial charge is 0.151 e. The Bertz CT molecular complexity index is 516. The number of hydrogen-bond acceptors (Lipinski definition) is 5. The second-order valence-electron chi connectivity index (χ2n) is 4.82. The van der Waals surface area contributed by atoms with Gasteiger partial charge in [0, 0.05) is 31.4 Å². The summed E-state index contributed by atoms with van der Waals surface area (Å²) in [4.78, 5) is 6.53. The predicted octanol–water partition coefficient (Wildman–Crippen LogP) is 1.13. The van der Waals surface area contributed by atoms with Gasteiger partial charge in [0.1, 0.15) is 5.82 Å². The zero-order valence-electron chi connectivity index (χ0n) is 11.3. The van der Waals surface area contributed by atoms with Crippen molar-refractivity contribution in [3.8, 4) is 0 Å². The van der Waals surface area contributed by atoms with E-state index in [2.05, 4.69) is 15.2 Å². The Kier molecular flexibility index (Phi) is 4.76. The molecule has 2 rings (SSSR count). The van der Waals surface area contributed by atoms with E-state index in [0.717, 1.165) is 37.4 Å². The lowest BCUT2D eigenvalue weighted by atomic mass is 10.2. The maximum atomic E-state index is 11.6. The molecule has 0 unspecified atom stereocenters. The highest BCUT2D eigenvalue weighted by molar-refractivity contribution is 7.91. The maximum absolute atomic E-state index is 11.6. The molecule has 0 amide bonds. The van der Waals surface area contributed by atoms with Crippen molar-refractivity contribution in [2.45, 2.75) is 19.9 Å². The zero-order valence-corrected chi connectivity index (χ0v) is 12.1. The monoisotopic (exact) mass is 283 g/mol. The number of pyridine rings is 1. The van der Waals surface area contributed by atoms with E-state index in [0.29, 0.717) is 12.3 Å². The lowest BCUT2D eigenvalue weighted by Crippen LogP contribution is -2.27. The average Bonchev–Trinajstić information content (AvgIpc) is 2.54. The maximum Gasteiger partial charge on any atom is 0.151 e. The van der Waals surface area contributed by atoms with E-state index in [1.54, 1.807) is 6.20 Å². The molecule has 1 aliphatic rings. The first-order chi connectivity index (χ1) is 9.11. The van der Waals surface area contributed by atoms with Crippen molar-refractivity contribution in [1.82, 2.24) is 9.88 Å². The molecule has 1 N–H and O–H groups in total. The van der Waals surface area contributed by atoms with E-state index >= 15 is 0 Å². The molecule has 0 saturated carbocycles. The van der Waals surface area contributed by atoms with E-state index in [1.807, 2.05) is 19.1 Å². The van der Waals surface area contributed by atoms with Crippen LogP contribution in [0.2, 0.25) is 0 Å². The van der Waals surface area contributed by atoms with Crippen LogP contribution in [0.1, 0.15) is 18.9 Å². The van der Waals surface area contributed by atoms with Gasteiger partial charge in [0.05, 0.1) is 11.5 Å². The molecule has 0 spiro atoms. The molecule has 1 saturated heterocycles. The summed E-state index contributed by atoms with van der Waals surface area (Å²) in [7, 11) is -2.84. The fraction of sp³-hybridized carbons (Fsp3) is 0.615. The van der Waals surface area contributed by atoms with Crippen molar-refractivity contribution < 1.29 is 8.42 Å². The van der Waals surface area contributed by atoms with Crippen molar-refractivity contribution in [2.24, 2.45) is 0 Å². The summed E-state index contributed by atoms with van der Waals surface area (Å²) in [6.45, 7) is 5.07. The van der Waals surface area contributed by atoms with Gasteiger partial charge in [-0.2, -0.15) is 0 Å². The normalized spacial score (nSPS) is 19.8. The Morgan fingerprint density at radius 2 is 2.21 bits per heavy atom. The standard InChI is InChI=1S/C13H21N3O2S/c1-2-14-13-12(5-3-6-15-13)11-16-7-4-9-19(17,18)10-8-16/h3,5-6H,2,4,7-11H2,1H3,(H,14,15). The van der Waals surface area contributed by atoms with Crippen molar-refractivity contribution in [3.05, 3.63) is 23.9 Å². The highest BCUT2D eigenvalue weighted by Gasteiger charge is 2.19. The van der Waals surface area contributed by atoms with Crippen LogP contribution in [0.3, 0.4) is 0 Å². The molecule has 5 nitrogen and oxygen atoms in total. The third-order valence-corrected chi connectivity index (χ3v) is 4.99. The largest absolute Gasteiger partial charge is 0.370 e. The lowest BCUT2D eigenvalue weighted by molar-refractivity contribution is 0.287. The summed E-state index contributed by atoms with van der Waals surface area (Å²) in [6, 6.07) is 3.97. The van der Waals surface area contributed by atoms with Gasteiger partial charge in [-0.15, -0.1) is 0 Å². The minimum atomic E-state index is -2.84. The van der Waals surface area contributed by atoms with E-state index < -0.39 is 9.84 Å². The number of hydrogen-bond donors (Lipinski definition) is 1. The summed E-state index contributed by atoms with van der Waals surface area (Å²) in [6.07, 6.45) is 2.49. The van der Waals surface area contributed by atoms with Crippen molar-refractivity contribution in [1.29, 1.82) is 0 Å². The minimum Gasteiger partial charge on any atom is -0.370 e. The Morgan fingerprint density at radius 3 is 3.00 bits per heavy atom. The Morgan fingerprint density at radius 1 is 1.37 bits per heavy atom. The Hall–Kier alpha value is -1.14. The van der Waals surface area contributed by atoms with E-state index in [-0.39, 0.29) is 5.75 Å². The first kappa shape index (κ1) is 14.3. The fourth-order valence-electron chi connectivity index (χ4n) is 2.28. The molecule has 1 aromatic heterocycles. The molecule has 0 radical (unpaired) electrons. The van der Waals surface area contributed by atoms with Crippen LogP contribution < -0.4 is 5.32 Å². The van der Waals surface area contributed by atoms with Crippen LogP contribution in [0.5, 0.6) is 0 Å². The number of aromatic nitrogens is 1. The van der Waals surface area contributed by atoms with Crippen LogP contribution in [0.15, 0.2) is 18.3 Å². The number of anilines is 1. The molecule has 2 heterocycles. The van der Waals surface area contributed by atoms with Crippen molar-refractivity contribution in [3.63, 3.8) is 0 Å². The average molecular weight is 283 g/mol. The van der Waals surface area contributed by atoms with Gasteiger partial charge < -0.3 is 5.32 Å². The second kappa shape index (κ2) is 6.34. The SMILES string of the molecule is CCNc1ncccc1CN1CCCS(=O)(=O)CC1. The first-order valence-electron chi connectivity index (χ1n) is 6.71. The van der Waals surface area contributed by atoms with Crippen LogP contribution in [0, 0.1) is 0 Å². The summed E-state index contributed by atoms with van der Waals surface area (Å²) in [5, 5.41) is 3.24. The molecule has 0 aromatic carbocycles. The lowest BCUT2D eigenvalue weighted by Gasteiger charge is -2.20. The highest BCUT2D eigenvalue weighted by Crippen LogP contribution is 2.15. The summed E-state index contributed by atoms with van der Waals surface area (Å²) in [5.74, 6) is 1.48. The van der Waals surface area contributed by atoms with Gasteiger partial charge >= 0.3 is 0 Å². The van der Waals surface area contributed by atoms with E-state index in [9.17, 15) is 8.42 Å². The van der Waals surface area contributed by atoms with Gasteiger partial charge in [0.15, 0.2) is 9.84 Å². The molecule has 0 bridgehead atoms. The Balaban J connectivity index is 2.04. The fourth-order valence-corrected chi connectivity index (χ4v) is 3.59. The summed E-state index contributed by atoms with van der Waals surface area (Å²) in [5.41, 5.74) is 1.13. The predicted molar refractivity (Wildman–Crippen MR) is 76.9 cm³/mol. The van der Waals surface area contributed by atoms with Gasteiger partial charge in [0.25, 0.3) is 0 Å². The third kappa shape index (κ3) is 4.18. The van der Waals surface area contributed by atoms with E-state index in [4.69, 9.17) is 0 Å². The summed E-state index contributed by atoms with van der Waals surface area (Å²) >= 11 is 0. The molecular formula is C13H21N3O2S. The van der Waals surface area contributed by atoms with E-state index in [1.165, 1.54) is 0 Å². The van der Waals surface area contributed by atoms with Crippen LogP contribution >= 0.6 is 0 Å². The van der Waals surface area contributed by atoms with Gasteiger partial charge in [-0.25, -0.2) is 13.4 Å². The molecule has 6 heteroatoms. The van der Waals surface area contributed by atoms with Gasteiger partial charge in [-0.05, 0) is 26.0 Å². The molecule has 1 aliphatic heterocycles. The number of rotatable bonds is 4. The molecule has 1 aromatic rings. The van der Waals surface area contributed by atoms with Crippen molar-refractivity contribution in [2.75, 3.05) is 36.5 Å². The molecule has 0 aliphatic carbocycles. The quantitative estimate of drug-likeness (QED) is 0.897. The van der Waals surface area contributed by atoms with Gasteiger partial charge in [-0.1, -0.05) is 6.07 Å². The molecule has 1 fully saturated rings. The zero-order chi connectivity index (χ0) is 13.7. The number of sulfone groups is 1. The van der Waals surface area contributed by atoms with Gasteiger partial charge in [0.2, 0.25) is 0 Å². The second-order valence-corrected chi connectivity index (χ2v) is 7.13. The molecule has 106 valence electrons. The topological polar surface area (TPSA) is 62.3 Å². The van der Waals surface area contributed by atoms with Crippen LogP contribution in [0.25, 0.3) is 0 Å². The van der Waals surface area contributed by atoms with Crippen molar-refractivity contribution >= 4 is 15.7 Å². The Labute approximate surface area is 114 Å². The first-order valence-corrected chi connectivity index (χ1v) is 8.53. The number of nitrogens with one attached hydrogen (secondary N) is 1. The van der Waals surface area contributed by atoms with Gasteiger partial charge in [-0.3, -0.25) is 4.90 Å². The molecule has 0 atom stereocenters. The highest BCUT2D eigenvalue weighted by atomic mass is 32.2. The third-order valence-electron chi connectivity index (χ3n) is 3.28. The minimum absolute atomic E-state index is 0.268. The number of nitrogens with zero attached hydrogens (tertiary/aromatic N) is 2. The molecular weight excluding hydrogens is 262 g/mol.